The van der Waals surface area contributed by atoms with E-state index in [1.807, 2.05) is 0 Å². The summed E-state index contributed by atoms with van der Waals surface area (Å²) in [5.74, 6) is -0.0945. The topological polar surface area (TPSA) is 53.4 Å². The average Bonchev–Trinajstić information content (AvgIpc) is 2.30. The van der Waals surface area contributed by atoms with Crippen LogP contribution in [0.1, 0.15) is 24.5 Å². The molecular formula is C11H13FN2O2. The molecule has 1 amide bonds. The van der Waals surface area contributed by atoms with E-state index in [0.717, 1.165) is 18.5 Å². The van der Waals surface area contributed by atoms with E-state index in [-0.39, 0.29) is 11.7 Å². The molecule has 0 atom stereocenters. The SMILES string of the molecule is O=C(O)N1CCC(c2ccc(F)cn2)CC1. The van der Waals surface area contributed by atoms with Gasteiger partial charge in [-0.05, 0) is 25.0 Å². The van der Waals surface area contributed by atoms with Gasteiger partial charge in [0, 0.05) is 24.7 Å². The van der Waals surface area contributed by atoms with Crippen LogP contribution in [0.25, 0.3) is 0 Å². The lowest BCUT2D eigenvalue weighted by Crippen LogP contribution is -2.36. The van der Waals surface area contributed by atoms with E-state index in [1.54, 1.807) is 6.07 Å². The van der Waals surface area contributed by atoms with Gasteiger partial charge in [0.05, 0.1) is 6.20 Å². The minimum atomic E-state index is -0.870. The number of piperidine rings is 1. The molecule has 1 saturated heterocycles. The second kappa shape index (κ2) is 4.47. The molecule has 1 aromatic heterocycles. The molecule has 0 spiro atoms. The van der Waals surface area contributed by atoms with Crippen LogP contribution in [0.3, 0.4) is 0 Å². The monoisotopic (exact) mass is 224 g/mol. The average molecular weight is 224 g/mol. The van der Waals surface area contributed by atoms with E-state index in [4.69, 9.17) is 5.11 Å². The van der Waals surface area contributed by atoms with Gasteiger partial charge in [-0.1, -0.05) is 0 Å². The summed E-state index contributed by atoms with van der Waals surface area (Å²) in [6, 6.07) is 3.07. The Balaban J connectivity index is 1.99. The maximum absolute atomic E-state index is 12.7. The van der Waals surface area contributed by atoms with Crippen LogP contribution in [0, 0.1) is 5.82 Å². The van der Waals surface area contributed by atoms with Crippen LogP contribution < -0.4 is 0 Å². The number of carboxylic acid groups (broad SMARTS) is 1. The van der Waals surface area contributed by atoms with E-state index >= 15 is 0 Å². The Morgan fingerprint density at radius 2 is 2.12 bits per heavy atom. The summed E-state index contributed by atoms with van der Waals surface area (Å²) in [7, 11) is 0. The van der Waals surface area contributed by atoms with E-state index in [0.29, 0.717) is 13.1 Å². The first kappa shape index (κ1) is 10.9. The van der Waals surface area contributed by atoms with Gasteiger partial charge in [0.1, 0.15) is 5.82 Å². The zero-order valence-electron chi connectivity index (χ0n) is 8.77. The Bertz CT molecular complexity index is 372. The van der Waals surface area contributed by atoms with Gasteiger partial charge in [0.25, 0.3) is 0 Å². The van der Waals surface area contributed by atoms with Crippen molar-refractivity contribution >= 4 is 6.09 Å². The van der Waals surface area contributed by atoms with Crippen LogP contribution in [-0.2, 0) is 0 Å². The van der Waals surface area contributed by atoms with Crippen molar-refractivity contribution in [2.24, 2.45) is 0 Å². The molecule has 4 nitrogen and oxygen atoms in total. The van der Waals surface area contributed by atoms with Crippen molar-refractivity contribution in [1.29, 1.82) is 0 Å². The number of halogens is 1. The number of pyridine rings is 1. The summed E-state index contributed by atoms with van der Waals surface area (Å²) in [6.45, 7) is 1.05. The predicted molar refractivity (Wildman–Crippen MR) is 55.8 cm³/mol. The van der Waals surface area contributed by atoms with Gasteiger partial charge in [-0.25, -0.2) is 9.18 Å². The maximum Gasteiger partial charge on any atom is 0.407 e. The van der Waals surface area contributed by atoms with Crippen LogP contribution >= 0.6 is 0 Å². The molecular weight excluding hydrogens is 211 g/mol. The molecule has 1 N–H and O–H groups in total. The molecule has 1 aliphatic rings. The smallest absolute Gasteiger partial charge is 0.407 e. The molecule has 1 aromatic rings. The highest BCUT2D eigenvalue weighted by molar-refractivity contribution is 5.65. The minimum absolute atomic E-state index is 0.246. The Kier molecular flexibility index (Phi) is 3.03. The number of hydrogen-bond acceptors (Lipinski definition) is 2. The molecule has 0 aromatic carbocycles. The second-order valence-corrected chi connectivity index (χ2v) is 3.95. The number of aromatic nitrogens is 1. The van der Waals surface area contributed by atoms with Crippen molar-refractivity contribution in [2.45, 2.75) is 18.8 Å². The molecule has 0 unspecified atom stereocenters. The predicted octanol–water partition coefficient (Wildman–Crippen LogP) is 2.08. The number of nitrogens with zero attached hydrogens (tertiary/aromatic N) is 2. The van der Waals surface area contributed by atoms with E-state index < -0.39 is 6.09 Å². The van der Waals surface area contributed by atoms with Crippen LogP contribution in [0.4, 0.5) is 9.18 Å². The Morgan fingerprint density at radius 1 is 1.44 bits per heavy atom. The van der Waals surface area contributed by atoms with Gasteiger partial charge >= 0.3 is 6.09 Å². The van der Waals surface area contributed by atoms with Crippen molar-refractivity contribution in [3.8, 4) is 0 Å². The summed E-state index contributed by atoms with van der Waals surface area (Å²) in [4.78, 5) is 16.1. The second-order valence-electron chi connectivity index (χ2n) is 3.95. The van der Waals surface area contributed by atoms with Gasteiger partial charge in [0.15, 0.2) is 0 Å². The molecule has 2 heterocycles. The van der Waals surface area contributed by atoms with Gasteiger partial charge in [-0.3, -0.25) is 4.98 Å². The first-order chi connectivity index (χ1) is 7.66. The van der Waals surface area contributed by atoms with Crippen LogP contribution in [0.15, 0.2) is 18.3 Å². The number of rotatable bonds is 1. The Labute approximate surface area is 92.7 Å². The summed E-state index contributed by atoms with van der Waals surface area (Å²) < 4.78 is 12.7. The molecule has 86 valence electrons. The highest BCUT2D eigenvalue weighted by Gasteiger charge is 2.23. The highest BCUT2D eigenvalue weighted by atomic mass is 19.1. The van der Waals surface area contributed by atoms with Gasteiger partial charge in [-0.15, -0.1) is 0 Å². The highest BCUT2D eigenvalue weighted by Crippen LogP contribution is 2.26. The van der Waals surface area contributed by atoms with Crippen LogP contribution in [0.5, 0.6) is 0 Å². The summed E-state index contributed by atoms with van der Waals surface area (Å²) in [5, 5.41) is 8.79. The quantitative estimate of drug-likeness (QED) is 0.794. The minimum Gasteiger partial charge on any atom is -0.465 e. The van der Waals surface area contributed by atoms with Gasteiger partial charge in [0.2, 0.25) is 0 Å². The van der Waals surface area contributed by atoms with Crippen molar-refractivity contribution in [2.75, 3.05) is 13.1 Å². The molecule has 0 bridgehead atoms. The molecule has 0 saturated carbocycles. The van der Waals surface area contributed by atoms with E-state index in [1.165, 1.54) is 17.2 Å². The molecule has 1 aliphatic heterocycles. The fourth-order valence-electron chi connectivity index (χ4n) is 2.00. The zero-order chi connectivity index (χ0) is 11.5. The molecule has 1 fully saturated rings. The number of carbonyl (C=O) groups is 1. The third-order valence-corrected chi connectivity index (χ3v) is 2.93. The third-order valence-electron chi connectivity index (χ3n) is 2.93. The summed E-state index contributed by atoms with van der Waals surface area (Å²) in [5.41, 5.74) is 0.853. The maximum atomic E-state index is 12.7. The third kappa shape index (κ3) is 2.29. The lowest BCUT2D eigenvalue weighted by molar-refractivity contribution is 0.131. The lowest BCUT2D eigenvalue weighted by atomic mass is 9.93. The van der Waals surface area contributed by atoms with E-state index in [2.05, 4.69) is 4.98 Å². The standard InChI is InChI=1S/C11H13FN2O2/c12-9-1-2-10(13-7-9)8-3-5-14(6-4-8)11(15)16/h1-2,7-8H,3-6H2,(H,15,16). The van der Waals surface area contributed by atoms with Crippen molar-refractivity contribution in [3.05, 3.63) is 29.8 Å². The number of amides is 1. The summed E-state index contributed by atoms with van der Waals surface area (Å²) in [6.07, 6.45) is 1.85. The van der Waals surface area contributed by atoms with Crippen LogP contribution in [-0.4, -0.2) is 34.2 Å². The van der Waals surface area contributed by atoms with Gasteiger partial charge in [-0.2, -0.15) is 0 Å². The fraction of sp³-hybridized carbons (Fsp3) is 0.455. The van der Waals surface area contributed by atoms with Crippen molar-refractivity contribution in [1.82, 2.24) is 9.88 Å². The zero-order valence-corrected chi connectivity index (χ0v) is 8.77. The fourth-order valence-corrected chi connectivity index (χ4v) is 2.00. The first-order valence-corrected chi connectivity index (χ1v) is 5.26. The number of hydrogen-bond donors (Lipinski definition) is 1. The molecule has 0 radical (unpaired) electrons. The first-order valence-electron chi connectivity index (χ1n) is 5.26. The van der Waals surface area contributed by atoms with E-state index in [9.17, 15) is 9.18 Å². The molecule has 2 rings (SSSR count). The van der Waals surface area contributed by atoms with Gasteiger partial charge < -0.3 is 10.0 Å². The summed E-state index contributed by atoms with van der Waals surface area (Å²) >= 11 is 0. The van der Waals surface area contributed by atoms with Crippen LogP contribution in [0.2, 0.25) is 0 Å². The van der Waals surface area contributed by atoms with Crippen molar-refractivity contribution < 1.29 is 14.3 Å². The largest absolute Gasteiger partial charge is 0.465 e. The Hall–Kier alpha value is -1.65. The molecule has 5 heteroatoms. The normalized spacial score (nSPS) is 17.4. The van der Waals surface area contributed by atoms with Crippen molar-refractivity contribution in [3.63, 3.8) is 0 Å². The lowest BCUT2D eigenvalue weighted by Gasteiger charge is -2.29. The molecule has 0 aliphatic carbocycles. The Morgan fingerprint density at radius 3 is 2.62 bits per heavy atom. The number of likely N-dealkylation sites (tertiary alicyclic amines) is 1. The molecule has 16 heavy (non-hydrogen) atoms.